The summed E-state index contributed by atoms with van der Waals surface area (Å²) in [6.45, 7) is 0. The van der Waals surface area contributed by atoms with Gasteiger partial charge in [0, 0.05) is 12.4 Å². The van der Waals surface area contributed by atoms with Gasteiger partial charge in [0.1, 0.15) is 0 Å². The van der Waals surface area contributed by atoms with Crippen molar-refractivity contribution < 1.29 is 13.2 Å². The summed E-state index contributed by atoms with van der Waals surface area (Å²) in [6.07, 6.45) is -2.78. The molecule has 1 rings (SSSR count). The van der Waals surface area contributed by atoms with E-state index in [0.717, 1.165) is 12.4 Å². The number of nitrogens with one attached hydrogen (secondary N) is 1. The van der Waals surface area contributed by atoms with Gasteiger partial charge in [-0.05, 0) is 0 Å². The van der Waals surface area contributed by atoms with Crippen molar-refractivity contribution in [1.29, 1.82) is 0 Å². The third-order valence-corrected chi connectivity index (χ3v) is 0.938. The van der Waals surface area contributed by atoms with E-state index < -0.39 is 6.30 Å². The standard InChI is InChI=1S/C4H5F3N4/c5-4(6,7)11-2-1-9-3(8)10-11/h1-2H,(H3,8,9,10). The van der Waals surface area contributed by atoms with Gasteiger partial charge < -0.3 is 5.73 Å². The second-order valence-electron chi connectivity index (χ2n) is 1.76. The third kappa shape index (κ3) is 1.76. The lowest BCUT2D eigenvalue weighted by atomic mass is 10.7. The van der Waals surface area contributed by atoms with Crippen LogP contribution < -0.4 is 11.2 Å². The van der Waals surface area contributed by atoms with E-state index in [2.05, 4.69) is 4.99 Å². The second-order valence-corrected chi connectivity index (χ2v) is 1.76. The number of rotatable bonds is 0. The first-order valence-electron chi connectivity index (χ1n) is 2.63. The van der Waals surface area contributed by atoms with Crippen molar-refractivity contribution >= 4 is 5.96 Å². The normalized spacial score (nSPS) is 17.7. The summed E-state index contributed by atoms with van der Waals surface area (Å²) >= 11 is 0. The van der Waals surface area contributed by atoms with Crippen LogP contribution in [0.3, 0.4) is 0 Å². The number of hydrogen-bond donors (Lipinski definition) is 2. The molecule has 0 bridgehead atoms. The largest absolute Gasteiger partial charge is 0.502 e. The summed E-state index contributed by atoms with van der Waals surface area (Å²) in [7, 11) is 0. The Kier molecular flexibility index (Phi) is 1.63. The number of nitrogens with zero attached hydrogens (tertiary/aromatic N) is 2. The lowest BCUT2D eigenvalue weighted by Gasteiger charge is -2.25. The molecule has 1 aliphatic rings. The van der Waals surface area contributed by atoms with Gasteiger partial charge in [-0.2, -0.15) is 5.01 Å². The molecule has 0 spiro atoms. The third-order valence-electron chi connectivity index (χ3n) is 0.938. The first kappa shape index (κ1) is 7.70. The van der Waals surface area contributed by atoms with Crippen molar-refractivity contribution in [2.24, 2.45) is 10.7 Å². The molecule has 0 atom stereocenters. The molecule has 0 aromatic heterocycles. The molecule has 4 nitrogen and oxygen atoms in total. The van der Waals surface area contributed by atoms with E-state index in [9.17, 15) is 13.2 Å². The van der Waals surface area contributed by atoms with Crippen LogP contribution in [0.1, 0.15) is 0 Å². The fraction of sp³-hybridized carbons (Fsp3) is 0.250. The van der Waals surface area contributed by atoms with Gasteiger partial charge in [0.05, 0.1) is 0 Å². The Morgan fingerprint density at radius 1 is 1.55 bits per heavy atom. The zero-order valence-electron chi connectivity index (χ0n) is 5.26. The van der Waals surface area contributed by atoms with Gasteiger partial charge in [-0.1, -0.05) is 0 Å². The summed E-state index contributed by atoms with van der Waals surface area (Å²) < 4.78 is 35.4. The molecule has 11 heavy (non-hydrogen) atoms. The van der Waals surface area contributed by atoms with E-state index in [-0.39, 0.29) is 11.0 Å². The van der Waals surface area contributed by atoms with Crippen LogP contribution in [0.5, 0.6) is 0 Å². The molecule has 0 unspecified atom stereocenters. The molecule has 0 aromatic rings. The number of hydrogen-bond acceptors (Lipinski definition) is 4. The lowest BCUT2D eigenvalue weighted by Crippen LogP contribution is -2.51. The highest BCUT2D eigenvalue weighted by molar-refractivity contribution is 5.78. The van der Waals surface area contributed by atoms with Crippen LogP contribution in [0.25, 0.3) is 0 Å². The van der Waals surface area contributed by atoms with Crippen LogP contribution in [-0.4, -0.2) is 17.3 Å². The number of alkyl halides is 3. The second kappa shape index (κ2) is 2.33. The number of guanidine groups is 1. The minimum atomic E-state index is -4.48. The van der Waals surface area contributed by atoms with E-state index in [1.807, 2.05) is 0 Å². The van der Waals surface area contributed by atoms with E-state index in [0.29, 0.717) is 0 Å². The maximum atomic E-state index is 11.8. The summed E-state index contributed by atoms with van der Waals surface area (Å²) in [5, 5.41) is -0.0880. The fourth-order valence-corrected chi connectivity index (χ4v) is 0.518. The van der Waals surface area contributed by atoms with E-state index in [1.165, 1.54) is 0 Å². The van der Waals surface area contributed by atoms with Crippen LogP contribution in [-0.2, 0) is 0 Å². The molecule has 0 radical (unpaired) electrons. The Bertz CT molecular complexity index is 206. The zero-order valence-corrected chi connectivity index (χ0v) is 5.26. The Hall–Kier alpha value is -1.40. The maximum absolute atomic E-state index is 11.8. The fourth-order valence-electron chi connectivity index (χ4n) is 0.518. The van der Waals surface area contributed by atoms with Crippen LogP contribution in [0, 0.1) is 0 Å². The summed E-state index contributed by atoms with van der Waals surface area (Å²) in [6, 6.07) is 0. The summed E-state index contributed by atoms with van der Waals surface area (Å²) in [5.41, 5.74) is 6.77. The molecule has 0 fully saturated rings. The number of hydrazine groups is 1. The predicted octanol–water partition coefficient (Wildman–Crippen LogP) is 0.112. The SMILES string of the molecule is NC1=NC=CN(C(F)(F)F)N1. The molecule has 62 valence electrons. The van der Waals surface area contributed by atoms with Crippen LogP contribution in [0.2, 0.25) is 0 Å². The Balaban J connectivity index is 2.67. The van der Waals surface area contributed by atoms with Gasteiger partial charge in [0.15, 0.2) is 0 Å². The smallest absolute Gasteiger partial charge is 0.368 e. The van der Waals surface area contributed by atoms with Crippen LogP contribution in [0.15, 0.2) is 17.4 Å². The highest BCUT2D eigenvalue weighted by Crippen LogP contribution is 2.19. The topological polar surface area (TPSA) is 53.6 Å². The average molecular weight is 166 g/mol. The average Bonchev–Trinajstić information content (AvgIpc) is 1.86. The minimum absolute atomic E-state index is 0.0880. The summed E-state index contributed by atoms with van der Waals surface area (Å²) in [4.78, 5) is 3.35. The first-order valence-corrected chi connectivity index (χ1v) is 2.63. The molecule has 1 aliphatic heterocycles. The highest BCUT2D eigenvalue weighted by Gasteiger charge is 2.36. The quantitative estimate of drug-likeness (QED) is 0.502. The molecule has 0 aromatic carbocycles. The van der Waals surface area contributed by atoms with Crippen LogP contribution in [0.4, 0.5) is 13.2 Å². The zero-order chi connectivity index (χ0) is 8.48. The Labute approximate surface area is 60.2 Å². The molecule has 1 heterocycles. The number of aliphatic imine (C=N–C) groups is 1. The lowest BCUT2D eigenvalue weighted by molar-refractivity contribution is -0.238. The molecule has 7 heteroatoms. The molecule has 0 aliphatic carbocycles. The van der Waals surface area contributed by atoms with Crippen molar-refractivity contribution in [2.45, 2.75) is 6.30 Å². The van der Waals surface area contributed by atoms with Gasteiger partial charge in [-0.25, -0.2) is 4.99 Å². The van der Waals surface area contributed by atoms with Gasteiger partial charge in [-0.3, -0.25) is 5.43 Å². The van der Waals surface area contributed by atoms with Crippen molar-refractivity contribution in [3.8, 4) is 0 Å². The van der Waals surface area contributed by atoms with E-state index in [1.54, 1.807) is 5.43 Å². The molecule has 0 saturated heterocycles. The van der Waals surface area contributed by atoms with Gasteiger partial charge in [0.2, 0.25) is 5.96 Å². The Morgan fingerprint density at radius 2 is 2.18 bits per heavy atom. The first-order chi connectivity index (χ1) is 5.00. The Morgan fingerprint density at radius 3 is 2.55 bits per heavy atom. The highest BCUT2D eigenvalue weighted by atomic mass is 19.4. The van der Waals surface area contributed by atoms with Crippen molar-refractivity contribution in [3.63, 3.8) is 0 Å². The predicted molar refractivity (Wildman–Crippen MR) is 31.8 cm³/mol. The summed E-state index contributed by atoms with van der Waals surface area (Å²) in [5.74, 6) is -0.287. The number of nitrogens with two attached hydrogens (primary N) is 1. The van der Waals surface area contributed by atoms with Crippen molar-refractivity contribution in [1.82, 2.24) is 10.4 Å². The molecular formula is C4H5F3N4. The van der Waals surface area contributed by atoms with Crippen LogP contribution >= 0.6 is 0 Å². The van der Waals surface area contributed by atoms with Gasteiger partial charge in [-0.15, -0.1) is 13.2 Å². The monoisotopic (exact) mass is 166 g/mol. The number of halogens is 3. The van der Waals surface area contributed by atoms with E-state index >= 15 is 0 Å². The van der Waals surface area contributed by atoms with E-state index in [4.69, 9.17) is 5.73 Å². The van der Waals surface area contributed by atoms with Crippen molar-refractivity contribution in [3.05, 3.63) is 12.4 Å². The maximum Gasteiger partial charge on any atom is 0.502 e. The van der Waals surface area contributed by atoms with Gasteiger partial charge >= 0.3 is 6.30 Å². The molecule has 3 N–H and O–H groups in total. The molecular weight excluding hydrogens is 161 g/mol. The molecule has 0 saturated carbocycles. The van der Waals surface area contributed by atoms with Crippen molar-refractivity contribution in [2.75, 3.05) is 0 Å². The minimum Gasteiger partial charge on any atom is -0.368 e. The van der Waals surface area contributed by atoms with Gasteiger partial charge in [0.25, 0.3) is 0 Å². The molecule has 0 amide bonds.